The molecule has 0 aliphatic heterocycles. The minimum atomic E-state index is -4.53. The monoisotopic (exact) mass is 425 g/mol. The van der Waals surface area contributed by atoms with Gasteiger partial charge >= 0.3 is 18.3 Å². The number of hydrogen-bond acceptors (Lipinski definition) is 2. The molecule has 0 unspecified atom stereocenters. The summed E-state index contributed by atoms with van der Waals surface area (Å²) in [6.07, 6.45) is -6.91. The zero-order valence-electron chi connectivity index (χ0n) is 15.1. The van der Waals surface area contributed by atoms with Gasteiger partial charge in [0.25, 0.3) is 0 Å². The Bertz CT molecular complexity index is 979. The van der Waals surface area contributed by atoms with Crippen molar-refractivity contribution in [2.45, 2.75) is 18.8 Å². The van der Waals surface area contributed by atoms with Crippen molar-refractivity contribution in [2.75, 3.05) is 0 Å². The van der Waals surface area contributed by atoms with E-state index in [-0.39, 0.29) is 16.7 Å². The third-order valence-electron chi connectivity index (χ3n) is 4.43. The number of carbonyl (C=O) groups is 1. The van der Waals surface area contributed by atoms with E-state index in [1.807, 2.05) is 0 Å². The van der Waals surface area contributed by atoms with E-state index in [1.54, 1.807) is 0 Å². The molecule has 1 aromatic heterocycles. The van der Waals surface area contributed by atoms with Crippen molar-refractivity contribution in [2.24, 2.45) is 0 Å². The van der Waals surface area contributed by atoms with E-state index >= 15 is 0 Å². The molecular weight excluding hydrogens is 412 g/mol. The Hall–Kier alpha value is -3.36. The Kier molecular flexibility index (Phi) is 5.56. The van der Waals surface area contributed by atoms with Gasteiger partial charge in [-0.2, -0.15) is 26.3 Å². The smallest absolute Gasteiger partial charge is 0.416 e. The summed E-state index contributed by atoms with van der Waals surface area (Å²) in [6.45, 7) is 0. The summed E-state index contributed by atoms with van der Waals surface area (Å²) in [6, 6.07) is 8.25. The quantitative estimate of drug-likeness (QED) is 0.516. The van der Waals surface area contributed by atoms with Gasteiger partial charge in [0.05, 0.1) is 17.5 Å². The lowest BCUT2D eigenvalue weighted by Gasteiger charge is -2.15. The lowest BCUT2D eigenvalue weighted by molar-refractivity contribution is -0.138. The van der Waals surface area contributed by atoms with Gasteiger partial charge in [0.1, 0.15) is 0 Å². The van der Waals surface area contributed by atoms with E-state index in [0.29, 0.717) is 11.1 Å². The molecule has 30 heavy (non-hydrogen) atoms. The van der Waals surface area contributed by atoms with Crippen molar-refractivity contribution in [3.05, 3.63) is 77.6 Å². The Morgan fingerprint density at radius 2 is 1.10 bits per heavy atom. The molecule has 0 fully saturated rings. The fraction of sp³-hybridized carbons (Fsp3) is 0.143. The van der Waals surface area contributed by atoms with Crippen LogP contribution < -0.4 is 0 Å². The normalized spacial score (nSPS) is 12.1. The molecule has 2 aromatic carbocycles. The average Bonchev–Trinajstić information content (AvgIpc) is 2.67. The molecule has 1 N–H and O–H groups in total. The third-order valence-corrected chi connectivity index (χ3v) is 4.43. The minimum absolute atomic E-state index is 0.233. The van der Waals surface area contributed by atoms with Gasteiger partial charge in [0, 0.05) is 23.5 Å². The molecule has 1 heterocycles. The highest BCUT2D eigenvalue weighted by Gasteiger charge is 2.31. The van der Waals surface area contributed by atoms with E-state index in [9.17, 15) is 36.2 Å². The number of pyridine rings is 1. The van der Waals surface area contributed by atoms with Gasteiger partial charge in [-0.15, -0.1) is 0 Å². The van der Waals surface area contributed by atoms with Crippen molar-refractivity contribution in [1.82, 2.24) is 4.98 Å². The summed E-state index contributed by atoms with van der Waals surface area (Å²) in [4.78, 5) is 15.4. The Morgan fingerprint density at radius 3 is 1.40 bits per heavy atom. The molecule has 156 valence electrons. The van der Waals surface area contributed by atoms with Crippen LogP contribution in [0, 0.1) is 0 Å². The molecule has 0 spiro atoms. The summed E-state index contributed by atoms with van der Waals surface area (Å²) in [5, 5.41) is 9.29. The molecule has 0 atom stereocenters. The van der Waals surface area contributed by atoms with E-state index in [0.717, 1.165) is 24.3 Å². The van der Waals surface area contributed by atoms with Crippen LogP contribution in [0.1, 0.15) is 16.7 Å². The standard InChI is InChI=1S/C21H13F6NO2/c22-20(23,24)14-5-1-12(2-6-14)17-10-28-11-18(16(17)9-19(29)30)13-3-7-15(8-4-13)21(25,26)27/h1-8,10-11H,9H2,(H,29,30). The minimum Gasteiger partial charge on any atom is -0.481 e. The van der Waals surface area contributed by atoms with Crippen LogP contribution in [-0.4, -0.2) is 16.1 Å². The predicted octanol–water partition coefficient (Wildman–Crippen LogP) is 6.08. The molecule has 0 bridgehead atoms. The van der Waals surface area contributed by atoms with Crippen LogP contribution >= 0.6 is 0 Å². The maximum Gasteiger partial charge on any atom is 0.416 e. The number of hydrogen-bond donors (Lipinski definition) is 1. The molecule has 3 aromatic rings. The highest BCUT2D eigenvalue weighted by Crippen LogP contribution is 2.36. The van der Waals surface area contributed by atoms with Crippen LogP contribution in [0.2, 0.25) is 0 Å². The lowest BCUT2D eigenvalue weighted by atomic mass is 9.91. The highest BCUT2D eigenvalue weighted by molar-refractivity contribution is 5.83. The molecule has 9 heteroatoms. The average molecular weight is 425 g/mol. The molecule has 0 aliphatic carbocycles. The third kappa shape index (κ3) is 4.61. The second kappa shape index (κ2) is 7.81. The molecule has 0 aliphatic rings. The molecule has 3 nitrogen and oxygen atoms in total. The number of carboxylic acid groups (broad SMARTS) is 1. The SMILES string of the molecule is O=C(O)Cc1c(-c2ccc(C(F)(F)F)cc2)cncc1-c1ccc(C(F)(F)F)cc1. The van der Waals surface area contributed by atoms with E-state index in [4.69, 9.17) is 0 Å². The van der Waals surface area contributed by atoms with E-state index < -0.39 is 35.9 Å². The first-order chi connectivity index (χ1) is 14.0. The van der Waals surface area contributed by atoms with Gasteiger partial charge in [-0.1, -0.05) is 24.3 Å². The number of nitrogens with zero attached hydrogens (tertiary/aromatic N) is 1. The fourth-order valence-electron chi connectivity index (χ4n) is 3.00. The van der Waals surface area contributed by atoms with Gasteiger partial charge < -0.3 is 5.11 Å². The zero-order chi connectivity index (χ0) is 22.1. The van der Waals surface area contributed by atoms with Gasteiger partial charge in [-0.05, 0) is 41.0 Å². The van der Waals surface area contributed by atoms with Crippen molar-refractivity contribution < 1.29 is 36.2 Å². The molecule has 0 amide bonds. The van der Waals surface area contributed by atoms with Crippen LogP contribution in [0.3, 0.4) is 0 Å². The van der Waals surface area contributed by atoms with Crippen LogP contribution in [0.5, 0.6) is 0 Å². The Balaban J connectivity index is 2.11. The summed E-state index contributed by atoms with van der Waals surface area (Å²) >= 11 is 0. The Labute approximate surface area is 166 Å². The van der Waals surface area contributed by atoms with Gasteiger partial charge in [-0.3, -0.25) is 9.78 Å². The second-order valence-electron chi connectivity index (χ2n) is 6.43. The molecule has 0 saturated heterocycles. The number of carboxylic acids is 1. The zero-order valence-corrected chi connectivity index (χ0v) is 15.1. The largest absolute Gasteiger partial charge is 0.481 e. The molecule has 0 radical (unpaired) electrons. The van der Waals surface area contributed by atoms with Crippen LogP contribution in [0.4, 0.5) is 26.3 Å². The summed E-state index contributed by atoms with van der Waals surface area (Å²) in [5.41, 5.74) is -0.319. The van der Waals surface area contributed by atoms with E-state index in [1.165, 1.54) is 36.7 Å². The van der Waals surface area contributed by atoms with Crippen molar-refractivity contribution >= 4 is 5.97 Å². The second-order valence-corrected chi connectivity index (χ2v) is 6.43. The van der Waals surface area contributed by atoms with Crippen LogP contribution in [0.15, 0.2) is 60.9 Å². The summed E-state index contributed by atoms with van der Waals surface area (Å²) in [5.74, 6) is -1.21. The maximum atomic E-state index is 12.8. The predicted molar refractivity (Wildman–Crippen MR) is 96.5 cm³/mol. The number of aromatic nitrogens is 1. The fourth-order valence-corrected chi connectivity index (χ4v) is 3.00. The number of benzene rings is 2. The van der Waals surface area contributed by atoms with Gasteiger partial charge in [0.2, 0.25) is 0 Å². The summed E-state index contributed by atoms with van der Waals surface area (Å²) < 4.78 is 76.8. The molecule has 0 saturated carbocycles. The van der Waals surface area contributed by atoms with Crippen molar-refractivity contribution in [3.8, 4) is 22.3 Å². The first kappa shape index (κ1) is 21.4. The molecule has 3 rings (SSSR count). The Morgan fingerprint density at radius 1 is 0.733 bits per heavy atom. The van der Waals surface area contributed by atoms with Crippen LogP contribution in [-0.2, 0) is 23.6 Å². The lowest BCUT2D eigenvalue weighted by Crippen LogP contribution is -2.07. The van der Waals surface area contributed by atoms with Crippen molar-refractivity contribution in [1.29, 1.82) is 0 Å². The highest BCUT2D eigenvalue weighted by atomic mass is 19.4. The number of rotatable bonds is 4. The van der Waals surface area contributed by atoms with E-state index in [2.05, 4.69) is 4.98 Å². The van der Waals surface area contributed by atoms with Gasteiger partial charge in [0.15, 0.2) is 0 Å². The topological polar surface area (TPSA) is 50.2 Å². The first-order valence-electron chi connectivity index (χ1n) is 8.51. The van der Waals surface area contributed by atoms with Gasteiger partial charge in [-0.25, -0.2) is 0 Å². The summed E-state index contributed by atoms with van der Waals surface area (Å²) in [7, 11) is 0. The molecular formula is C21H13F6NO2. The number of halogens is 6. The number of aliphatic carboxylic acids is 1. The van der Waals surface area contributed by atoms with Crippen LogP contribution in [0.25, 0.3) is 22.3 Å². The first-order valence-corrected chi connectivity index (χ1v) is 8.51. The maximum absolute atomic E-state index is 12.8. The van der Waals surface area contributed by atoms with Crippen molar-refractivity contribution in [3.63, 3.8) is 0 Å². The number of alkyl halides is 6.